The standard InChI is InChI=1S/C8H6ClNO4S.C2H7N/c1-10-15(13,14)7-4-5(8(11)12)2-3-6(7)9;1-3-2/h2-4H,1H2,(H,11,12);3H,1-2H3. The predicted molar refractivity (Wildman–Crippen MR) is 70.1 cm³/mol. The highest BCUT2D eigenvalue weighted by molar-refractivity contribution is 7.90. The highest BCUT2D eigenvalue weighted by Crippen LogP contribution is 2.24. The van der Waals surface area contributed by atoms with E-state index >= 15 is 0 Å². The number of rotatable bonds is 3. The normalized spacial score (nSPS) is 10.2. The maximum atomic E-state index is 11.3. The summed E-state index contributed by atoms with van der Waals surface area (Å²) in [4.78, 5) is 10.2. The van der Waals surface area contributed by atoms with E-state index in [0.29, 0.717) is 0 Å². The highest BCUT2D eigenvalue weighted by atomic mass is 35.5. The van der Waals surface area contributed by atoms with Gasteiger partial charge < -0.3 is 10.4 Å². The summed E-state index contributed by atoms with van der Waals surface area (Å²) >= 11 is 5.60. The van der Waals surface area contributed by atoms with Gasteiger partial charge in [-0.15, -0.1) is 0 Å². The third-order valence-corrected chi connectivity index (χ3v) is 3.30. The van der Waals surface area contributed by atoms with E-state index in [1.807, 2.05) is 14.1 Å². The van der Waals surface area contributed by atoms with Crippen LogP contribution in [0.2, 0.25) is 5.02 Å². The molecular formula is C10H13ClN2O4S. The quantitative estimate of drug-likeness (QED) is 0.818. The van der Waals surface area contributed by atoms with Crippen LogP contribution in [-0.2, 0) is 10.0 Å². The number of sulfonamides is 1. The third-order valence-electron chi connectivity index (χ3n) is 1.63. The van der Waals surface area contributed by atoms with Crippen LogP contribution in [0.3, 0.4) is 0 Å². The molecule has 0 saturated heterocycles. The Kier molecular flexibility index (Phi) is 6.53. The minimum absolute atomic E-state index is 0.0904. The van der Waals surface area contributed by atoms with Crippen molar-refractivity contribution in [1.29, 1.82) is 0 Å². The maximum Gasteiger partial charge on any atom is 0.335 e. The molecule has 0 unspecified atom stereocenters. The molecule has 0 heterocycles. The largest absolute Gasteiger partial charge is 0.478 e. The molecule has 0 amide bonds. The van der Waals surface area contributed by atoms with Crippen molar-refractivity contribution in [2.75, 3.05) is 14.1 Å². The molecule has 0 aliphatic heterocycles. The van der Waals surface area contributed by atoms with Crippen LogP contribution in [0.25, 0.3) is 0 Å². The van der Waals surface area contributed by atoms with Crippen LogP contribution in [-0.4, -0.2) is 40.3 Å². The molecule has 2 N–H and O–H groups in total. The molecular weight excluding hydrogens is 280 g/mol. The Hall–Kier alpha value is -1.44. The summed E-state index contributed by atoms with van der Waals surface area (Å²) in [5, 5.41) is 11.3. The van der Waals surface area contributed by atoms with Crippen LogP contribution in [0.15, 0.2) is 27.5 Å². The molecule has 100 valence electrons. The summed E-state index contributed by atoms with van der Waals surface area (Å²) in [5.74, 6) is -1.24. The van der Waals surface area contributed by atoms with E-state index in [0.717, 1.165) is 6.07 Å². The highest BCUT2D eigenvalue weighted by Gasteiger charge is 2.17. The van der Waals surface area contributed by atoms with Gasteiger partial charge in [-0.1, -0.05) is 11.6 Å². The Labute approximate surface area is 110 Å². The topological polar surface area (TPSA) is 95.8 Å². The second-order valence-corrected chi connectivity index (χ2v) is 5.11. The number of halogens is 1. The second-order valence-electron chi connectivity index (χ2n) is 3.05. The summed E-state index contributed by atoms with van der Waals surface area (Å²) in [6.45, 7) is 2.88. The Morgan fingerprint density at radius 1 is 1.44 bits per heavy atom. The van der Waals surface area contributed by atoms with Gasteiger partial charge in [-0.25, -0.2) is 4.79 Å². The van der Waals surface area contributed by atoms with Crippen molar-refractivity contribution in [3.8, 4) is 0 Å². The molecule has 0 spiro atoms. The average molecular weight is 293 g/mol. The van der Waals surface area contributed by atoms with Crippen molar-refractivity contribution < 1.29 is 18.3 Å². The summed E-state index contributed by atoms with van der Waals surface area (Å²) in [6, 6.07) is 3.32. The van der Waals surface area contributed by atoms with Crippen molar-refractivity contribution >= 4 is 34.3 Å². The first-order valence-electron chi connectivity index (χ1n) is 4.64. The Morgan fingerprint density at radius 2 is 1.94 bits per heavy atom. The third kappa shape index (κ3) is 4.44. The molecule has 0 bridgehead atoms. The van der Waals surface area contributed by atoms with Gasteiger partial charge in [-0.05, 0) is 32.3 Å². The molecule has 0 fully saturated rings. The van der Waals surface area contributed by atoms with Crippen molar-refractivity contribution in [3.63, 3.8) is 0 Å². The van der Waals surface area contributed by atoms with Crippen LogP contribution < -0.4 is 5.32 Å². The smallest absolute Gasteiger partial charge is 0.335 e. The first-order valence-corrected chi connectivity index (χ1v) is 6.46. The fraction of sp³-hybridized carbons (Fsp3) is 0.200. The number of carboxylic acids is 1. The van der Waals surface area contributed by atoms with Crippen molar-refractivity contribution in [2.45, 2.75) is 4.90 Å². The Bertz CT molecular complexity index is 543. The van der Waals surface area contributed by atoms with Crippen molar-refractivity contribution in [2.24, 2.45) is 4.40 Å². The van der Waals surface area contributed by atoms with Gasteiger partial charge in [0.1, 0.15) is 4.90 Å². The van der Waals surface area contributed by atoms with Gasteiger partial charge >= 0.3 is 5.97 Å². The molecule has 1 aromatic carbocycles. The number of hydrogen-bond donors (Lipinski definition) is 2. The van der Waals surface area contributed by atoms with Gasteiger partial charge in [0.05, 0.1) is 10.6 Å². The fourth-order valence-electron chi connectivity index (χ4n) is 0.904. The lowest BCUT2D eigenvalue weighted by atomic mass is 10.2. The summed E-state index contributed by atoms with van der Waals surface area (Å²) in [6.07, 6.45) is 0. The maximum absolute atomic E-state index is 11.3. The molecule has 1 rings (SSSR count). The van der Waals surface area contributed by atoms with Crippen molar-refractivity contribution in [1.82, 2.24) is 5.32 Å². The van der Waals surface area contributed by atoms with Crippen LogP contribution in [0.1, 0.15) is 10.4 Å². The number of benzene rings is 1. The molecule has 1 aromatic rings. The fourth-order valence-corrected chi connectivity index (χ4v) is 2.04. The van der Waals surface area contributed by atoms with Crippen LogP contribution in [0.5, 0.6) is 0 Å². The second kappa shape index (κ2) is 7.10. The molecule has 18 heavy (non-hydrogen) atoms. The van der Waals surface area contributed by atoms with Crippen molar-refractivity contribution in [3.05, 3.63) is 28.8 Å². The number of aromatic carboxylic acids is 1. The van der Waals surface area contributed by atoms with E-state index in [1.165, 1.54) is 12.1 Å². The Morgan fingerprint density at radius 3 is 2.33 bits per heavy atom. The minimum atomic E-state index is -3.97. The van der Waals surface area contributed by atoms with Crippen LogP contribution in [0.4, 0.5) is 0 Å². The van der Waals surface area contributed by atoms with E-state index in [4.69, 9.17) is 16.7 Å². The summed E-state index contributed by atoms with van der Waals surface area (Å²) < 4.78 is 25.5. The van der Waals surface area contributed by atoms with Gasteiger partial charge in [0, 0.05) is 6.72 Å². The Balaban J connectivity index is 0.000000873. The molecule has 0 saturated carbocycles. The monoisotopic (exact) mass is 292 g/mol. The van der Waals surface area contributed by atoms with Gasteiger partial charge in [0.2, 0.25) is 0 Å². The predicted octanol–water partition coefficient (Wildman–Crippen LogP) is 1.26. The number of carbonyl (C=O) groups is 1. The van der Waals surface area contributed by atoms with E-state index in [2.05, 4.69) is 16.4 Å². The molecule has 6 nitrogen and oxygen atoms in total. The minimum Gasteiger partial charge on any atom is -0.478 e. The van der Waals surface area contributed by atoms with E-state index in [1.54, 1.807) is 0 Å². The van der Waals surface area contributed by atoms with E-state index in [-0.39, 0.29) is 15.5 Å². The molecule has 0 radical (unpaired) electrons. The summed E-state index contributed by atoms with van der Waals surface area (Å²) in [5.41, 5.74) is -0.179. The molecule has 0 aliphatic rings. The number of nitrogens with one attached hydrogen (secondary N) is 1. The number of hydrogen-bond acceptors (Lipinski definition) is 4. The average Bonchev–Trinajstić information content (AvgIpc) is 2.30. The summed E-state index contributed by atoms with van der Waals surface area (Å²) in [7, 11) is -0.216. The van der Waals surface area contributed by atoms with Crippen LogP contribution >= 0.6 is 11.6 Å². The van der Waals surface area contributed by atoms with Gasteiger partial charge in [0.25, 0.3) is 10.0 Å². The van der Waals surface area contributed by atoms with Crippen LogP contribution in [0, 0.1) is 0 Å². The first kappa shape index (κ1) is 16.6. The zero-order chi connectivity index (χ0) is 14.3. The molecule has 0 aliphatic carbocycles. The zero-order valence-corrected chi connectivity index (χ0v) is 11.4. The number of nitrogens with zero attached hydrogens (tertiary/aromatic N) is 1. The van der Waals surface area contributed by atoms with Gasteiger partial charge in [-0.3, -0.25) is 0 Å². The molecule has 0 aromatic heterocycles. The first-order chi connectivity index (χ1) is 8.30. The lowest BCUT2D eigenvalue weighted by Crippen LogP contribution is -2.02. The number of carboxylic acid groups (broad SMARTS) is 1. The van der Waals surface area contributed by atoms with E-state index < -0.39 is 16.0 Å². The molecule has 0 atom stereocenters. The molecule has 8 heteroatoms. The lowest BCUT2D eigenvalue weighted by Gasteiger charge is -2.02. The lowest BCUT2D eigenvalue weighted by molar-refractivity contribution is 0.0696. The van der Waals surface area contributed by atoms with Gasteiger partial charge in [0.15, 0.2) is 0 Å². The van der Waals surface area contributed by atoms with E-state index in [9.17, 15) is 13.2 Å². The zero-order valence-electron chi connectivity index (χ0n) is 9.84. The SMILES string of the molecule is C=NS(=O)(=O)c1cc(C(=O)O)ccc1Cl.CNC. The van der Waals surface area contributed by atoms with Gasteiger partial charge in [-0.2, -0.15) is 12.8 Å².